The van der Waals surface area contributed by atoms with E-state index in [2.05, 4.69) is 25.4 Å². The molecule has 0 saturated heterocycles. The molecule has 0 aromatic carbocycles. The molecule has 2 atom stereocenters. The smallest absolute Gasteiger partial charge is 0.00653 e. The molecule has 1 heteroatoms. The lowest BCUT2D eigenvalue weighted by atomic mass is 9.85. The molecule has 13 heavy (non-hydrogen) atoms. The van der Waals surface area contributed by atoms with Crippen LogP contribution in [0, 0.1) is 11.3 Å². The maximum absolute atomic E-state index is 3.36. The van der Waals surface area contributed by atoms with Gasteiger partial charge in [-0.05, 0) is 45.1 Å². The maximum atomic E-state index is 3.36. The fourth-order valence-corrected chi connectivity index (χ4v) is 2.90. The first kappa shape index (κ1) is 9.26. The quantitative estimate of drug-likeness (QED) is 0.657. The van der Waals surface area contributed by atoms with Crippen LogP contribution in [0.4, 0.5) is 0 Å². The Labute approximate surface area is 81.6 Å². The van der Waals surface area contributed by atoms with Crippen molar-refractivity contribution in [3.8, 4) is 0 Å². The molecule has 0 aliphatic heterocycles. The normalized spacial score (nSPS) is 38.6. The van der Waals surface area contributed by atoms with Crippen molar-refractivity contribution in [1.82, 2.24) is 5.32 Å². The average Bonchev–Trinajstić information content (AvgIpc) is 2.80. The minimum atomic E-state index is 0.579. The number of nitrogens with one attached hydrogen (secondary N) is 1. The standard InChI is InChI=1S/C12H21N/c1-10-8-12(10,9-13-2)11-6-4-3-5-7-11/h6,10,13H,3-5,7-9H2,1-2H3. The third-order valence-corrected chi connectivity index (χ3v) is 3.88. The van der Waals surface area contributed by atoms with Crippen LogP contribution < -0.4 is 5.32 Å². The summed E-state index contributed by atoms with van der Waals surface area (Å²) in [5, 5.41) is 3.36. The van der Waals surface area contributed by atoms with Crippen LogP contribution in [0.5, 0.6) is 0 Å². The molecule has 2 unspecified atom stereocenters. The van der Waals surface area contributed by atoms with E-state index in [4.69, 9.17) is 0 Å². The van der Waals surface area contributed by atoms with E-state index in [1.807, 2.05) is 0 Å². The van der Waals surface area contributed by atoms with Gasteiger partial charge in [0.15, 0.2) is 0 Å². The van der Waals surface area contributed by atoms with Gasteiger partial charge in [-0.3, -0.25) is 0 Å². The second-order valence-electron chi connectivity index (χ2n) is 4.77. The zero-order valence-electron chi connectivity index (χ0n) is 8.90. The topological polar surface area (TPSA) is 12.0 Å². The minimum Gasteiger partial charge on any atom is -0.319 e. The predicted octanol–water partition coefficient (Wildman–Crippen LogP) is 2.73. The molecular formula is C12H21N. The fourth-order valence-electron chi connectivity index (χ4n) is 2.90. The molecular weight excluding hydrogens is 158 g/mol. The SMILES string of the molecule is CNCC1(C2=CCCCC2)CC1C. The molecule has 2 aliphatic carbocycles. The fraction of sp³-hybridized carbons (Fsp3) is 0.833. The molecule has 1 fully saturated rings. The molecule has 0 radical (unpaired) electrons. The Morgan fingerprint density at radius 3 is 2.77 bits per heavy atom. The zero-order chi connectivity index (χ0) is 9.31. The van der Waals surface area contributed by atoms with Crippen LogP contribution in [0.3, 0.4) is 0 Å². The summed E-state index contributed by atoms with van der Waals surface area (Å²) in [6.45, 7) is 3.59. The van der Waals surface area contributed by atoms with Gasteiger partial charge in [0, 0.05) is 12.0 Å². The summed E-state index contributed by atoms with van der Waals surface area (Å²) in [6, 6.07) is 0. The lowest BCUT2D eigenvalue weighted by molar-refractivity contribution is 0.478. The Hall–Kier alpha value is -0.300. The van der Waals surface area contributed by atoms with Crippen molar-refractivity contribution in [3.05, 3.63) is 11.6 Å². The van der Waals surface area contributed by atoms with E-state index in [0.29, 0.717) is 5.41 Å². The monoisotopic (exact) mass is 179 g/mol. The van der Waals surface area contributed by atoms with Crippen molar-refractivity contribution in [3.63, 3.8) is 0 Å². The Morgan fingerprint density at radius 1 is 1.54 bits per heavy atom. The number of rotatable bonds is 3. The van der Waals surface area contributed by atoms with Gasteiger partial charge in [-0.25, -0.2) is 0 Å². The predicted molar refractivity (Wildman–Crippen MR) is 56.7 cm³/mol. The largest absolute Gasteiger partial charge is 0.319 e. The van der Waals surface area contributed by atoms with Crippen molar-refractivity contribution in [2.24, 2.45) is 11.3 Å². The van der Waals surface area contributed by atoms with Gasteiger partial charge >= 0.3 is 0 Å². The molecule has 1 nitrogen and oxygen atoms in total. The van der Waals surface area contributed by atoms with Crippen LogP contribution in [0.2, 0.25) is 0 Å². The third kappa shape index (κ3) is 1.54. The molecule has 0 bridgehead atoms. The second-order valence-corrected chi connectivity index (χ2v) is 4.77. The van der Waals surface area contributed by atoms with Crippen LogP contribution in [-0.4, -0.2) is 13.6 Å². The van der Waals surface area contributed by atoms with E-state index in [1.54, 1.807) is 5.57 Å². The lowest BCUT2D eigenvalue weighted by Gasteiger charge is -2.23. The van der Waals surface area contributed by atoms with E-state index in [0.717, 1.165) is 5.92 Å². The third-order valence-electron chi connectivity index (χ3n) is 3.88. The lowest BCUT2D eigenvalue weighted by Crippen LogP contribution is -2.24. The molecule has 0 heterocycles. The average molecular weight is 179 g/mol. The van der Waals surface area contributed by atoms with E-state index >= 15 is 0 Å². The van der Waals surface area contributed by atoms with Gasteiger partial charge in [-0.2, -0.15) is 0 Å². The van der Waals surface area contributed by atoms with Crippen molar-refractivity contribution < 1.29 is 0 Å². The molecule has 1 saturated carbocycles. The molecule has 74 valence electrons. The van der Waals surface area contributed by atoms with Gasteiger partial charge in [0.1, 0.15) is 0 Å². The maximum Gasteiger partial charge on any atom is 0.00653 e. The van der Waals surface area contributed by atoms with Gasteiger partial charge < -0.3 is 5.32 Å². The Bertz CT molecular complexity index is 219. The summed E-state index contributed by atoms with van der Waals surface area (Å²) in [7, 11) is 2.08. The van der Waals surface area contributed by atoms with Crippen molar-refractivity contribution in [2.75, 3.05) is 13.6 Å². The van der Waals surface area contributed by atoms with Crippen molar-refractivity contribution in [2.45, 2.75) is 39.0 Å². The zero-order valence-corrected chi connectivity index (χ0v) is 8.90. The summed E-state index contributed by atoms with van der Waals surface area (Å²) in [5.74, 6) is 0.921. The van der Waals surface area contributed by atoms with Crippen LogP contribution in [0.15, 0.2) is 11.6 Å². The van der Waals surface area contributed by atoms with E-state index in [1.165, 1.54) is 38.6 Å². The van der Waals surface area contributed by atoms with Gasteiger partial charge in [-0.1, -0.05) is 18.6 Å². The Balaban J connectivity index is 2.08. The van der Waals surface area contributed by atoms with Crippen molar-refractivity contribution >= 4 is 0 Å². The molecule has 0 amide bonds. The van der Waals surface area contributed by atoms with Gasteiger partial charge in [0.2, 0.25) is 0 Å². The van der Waals surface area contributed by atoms with Crippen LogP contribution >= 0.6 is 0 Å². The molecule has 0 aromatic heterocycles. The number of allylic oxidation sites excluding steroid dienone is 1. The highest BCUT2D eigenvalue weighted by molar-refractivity contribution is 5.26. The number of hydrogen-bond donors (Lipinski definition) is 1. The van der Waals surface area contributed by atoms with E-state index in [9.17, 15) is 0 Å². The highest BCUT2D eigenvalue weighted by Gasteiger charge is 2.52. The summed E-state index contributed by atoms with van der Waals surface area (Å²) >= 11 is 0. The Kier molecular flexibility index (Phi) is 2.46. The molecule has 2 aliphatic rings. The van der Waals surface area contributed by atoms with Gasteiger partial charge in [0.25, 0.3) is 0 Å². The first-order valence-electron chi connectivity index (χ1n) is 5.64. The van der Waals surface area contributed by atoms with Gasteiger partial charge in [0.05, 0.1) is 0 Å². The first-order chi connectivity index (χ1) is 6.29. The molecule has 0 spiro atoms. The summed E-state index contributed by atoms with van der Waals surface area (Å²) in [6.07, 6.45) is 9.46. The van der Waals surface area contributed by atoms with Crippen LogP contribution in [-0.2, 0) is 0 Å². The van der Waals surface area contributed by atoms with Crippen LogP contribution in [0.25, 0.3) is 0 Å². The highest BCUT2D eigenvalue weighted by Crippen LogP contribution is 2.58. The van der Waals surface area contributed by atoms with Gasteiger partial charge in [-0.15, -0.1) is 0 Å². The van der Waals surface area contributed by atoms with E-state index in [-0.39, 0.29) is 0 Å². The number of hydrogen-bond acceptors (Lipinski definition) is 1. The summed E-state index contributed by atoms with van der Waals surface area (Å²) in [5.41, 5.74) is 2.34. The minimum absolute atomic E-state index is 0.579. The van der Waals surface area contributed by atoms with E-state index < -0.39 is 0 Å². The van der Waals surface area contributed by atoms with Crippen LogP contribution in [0.1, 0.15) is 39.0 Å². The first-order valence-corrected chi connectivity index (χ1v) is 5.64. The summed E-state index contributed by atoms with van der Waals surface area (Å²) < 4.78 is 0. The molecule has 0 aromatic rings. The highest BCUT2D eigenvalue weighted by atomic mass is 14.9. The summed E-state index contributed by atoms with van der Waals surface area (Å²) in [4.78, 5) is 0. The molecule has 2 rings (SSSR count). The Morgan fingerprint density at radius 2 is 2.31 bits per heavy atom. The molecule has 1 N–H and O–H groups in total. The second kappa shape index (κ2) is 3.45. The van der Waals surface area contributed by atoms with Crippen molar-refractivity contribution in [1.29, 1.82) is 0 Å².